The first kappa shape index (κ1) is 16.0. The van der Waals surface area contributed by atoms with E-state index in [-0.39, 0.29) is 24.2 Å². The fraction of sp³-hybridized carbons (Fsp3) is 1.00. The molecule has 2 rings (SSSR count). The molecule has 6 heteroatoms. The van der Waals surface area contributed by atoms with Crippen LogP contribution >= 0.6 is 0 Å². The molecule has 0 N–H and O–H groups in total. The number of hydrogen-bond acceptors (Lipinski definition) is 3. The van der Waals surface area contributed by atoms with Crippen LogP contribution in [0.15, 0.2) is 0 Å². The highest BCUT2D eigenvalue weighted by Crippen LogP contribution is 2.35. The zero-order valence-electron chi connectivity index (χ0n) is 12.2. The van der Waals surface area contributed by atoms with Crippen LogP contribution in [0.2, 0.25) is 0 Å². The SMILES string of the molecule is C[C@@H]1CN(CCCCC(F)(F)F)C[C@]2(CCO[C@H]2C)O1. The smallest absolute Gasteiger partial charge is 0.375 e. The lowest BCUT2D eigenvalue weighted by molar-refractivity contribution is -0.169. The number of ether oxygens (including phenoxy) is 2. The number of nitrogens with zero attached hydrogens (tertiary/aromatic N) is 1. The van der Waals surface area contributed by atoms with Crippen LogP contribution in [-0.2, 0) is 9.47 Å². The molecule has 3 nitrogen and oxygen atoms in total. The maximum atomic E-state index is 12.1. The first-order valence-electron chi connectivity index (χ1n) is 7.39. The minimum atomic E-state index is -4.03. The molecule has 2 aliphatic heterocycles. The molecule has 20 heavy (non-hydrogen) atoms. The van der Waals surface area contributed by atoms with Crippen LogP contribution in [0, 0.1) is 0 Å². The summed E-state index contributed by atoms with van der Waals surface area (Å²) < 4.78 is 48.1. The van der Waals surface area contributed by atoms with E-state index in [1.165, 1.54) is 0 Å². The molecule has 0 aliphatic carbocycles. The van der Waals surface area contributed by atoms with Crippen molar-refractivity contribution in [2.75, 3.05) is 26.2 Å². The Morgan fingerprint density at radius 2 is 2.00 bits per heavy atom. The van der Waals surface area contributed by atoms with Gasteiger partial charge in [0, 0.05) is 32.5 Å². The van der Waals surface area contributed by atoms with Crippen LogP contribution in [0.3, 0.4) is 0 Å². The molecule has 3 atom stereocenters. The Balaban J connectivity index is 1.80. The number of unbranched alkanes of at least 4 members (excludes halogenated alkanes) is 1. The van der Waals surface area contributed by atoms with Crippen LogP contribution in [0.5, 0.6) is 0 Å². The van der Waals surface area contributed by atoms with Gasteiger partial charge in [-0.1, -0.05) is 0 Å². The summed E-state index contributed by atoms with van der Waals surface area (Å²) in [5, 5.41) is 0. The topological polar surface area (TPSA) is 21.7 Å². The Kier molecular flexibility index (Phi) is 4.97. The van der Waals surface area contributed by atoms with E-state index in [0.29, 0.717) is 19.6 Å². The van der Waals surface area contributed by atoms with Gasteiger partial charge in [0.25, 0.3) is 0 Å². The highest BCUT2D eigenvalue weighted by atomic mass is 19.4. The lowest BCUT2D eigenvalue weighted by Gasteiger charge is -2.45. The Morgan fingerprint density at radius 3 is 2.60 bits per heavy atom. The molecule has 2 aliphatic rings. The van der Waals surface area contributed by atoms with E-state index >= 15 is 0 Å². The van der Waals surface area contributed by atoms with E-state index in [2.05, 4.69) is 4.90 Å². The summed E-state index contributed by atoms with van der Waals surface area (Å²) in [5.41, 5.74) is -0.262. The van der Waals surface area contributed by atoms with E-state index in [4.69, 9.17) is 9.47 Å². The lowest BCUT2D eigenvalue weighted by Crippen LogP contribution is -2.58. The van der Waals surface area contributed by atoms with Crippen LogP contribution in [0.1, 0.15) is 39.5 Å². The van der Waals surface area contributed by atoms with Gasteiger partial charge in [-0.05, 0) is 33.2 Å². The molecule has 0 amide bonds. The van der Waals surface area contributed by atoms with Crippen LogP contribution in [0.4, 0.5) is 13.2 Å². The molecule has 0 saturated carbocycles. The van der Waals surface area contributed by atoms with Crippen molar-refractivity contribution < 1.29 is 22.6 Å². The van der Waals surface area contributed by atoms with E-state index in [1.54, 1.807) is 0 Å². The molecule has 0 aromatic heterocycles. The summed E-state index contributed by atoms with van der Waals surface area (Å²) in [4.78, 5) is 2.23. The highest BCUT2D eigenvalue weighted by molar-refractivity contribution is 4.98. The second-order valence-electron chi connectivity index (χ2n) is 6.06. The maximum absolute atomic E-state index is 12.1. The minimum Gasteiger partial charge on any atom is -0.375 e. The summed E-state index contributed by atoms with van der Waals surface area (Å²) in [7, 11) is 0. The van der Waals surface area contributed by atoms with Gasteiger partial charge < -0.3 is 9.47 Å². The second-order valence-corrected chi connectivity index (χ2v) is 6.06. The third-order valence-corrected chi connectivity index (χ3v) is 4.26. The van der Waals surface area contributed by atoms with Crippen molar-refractivity contribution in [1.29, 1.82) is 0 Å². The summed E-state index contributed by atoms with van der Waals surface area (Å²) in [6.45, 7) is 7.01. The molecular formula is C14H24F3NO2. The summed E-state index contributed by atoms with van der Waals surface area (Å²) in [6, 6.07) is 0. The predicted molar refractivity (Wildman–Crippen MR) is 69.7 cm³/mol. The lowest BCUT2D eigenvalue weighted by atomic mass is 9.93. The van der Waals surface area contributed by atoms with Crippen molar-refractivity contribution in [2.24, 2.45) is 0 Å². The monoisotopic (exact) mass is 295 g/mol. The maximum Gasteiger partial charge on any atom is 0.389 e. The molecular weight excluding hydrogens is 271 g/mol. The van der Waals surface area contributed by atoms with Gasteiger partial charge in [0.05, 0.1) is 12.2 Å². The fourth-order valence-electron chi connectivity index (χ4n) is 3.24. The van der Waals surface area contributed by atoms with Crippen molar-refractivity contribution >= 4 is 0 Å². The first-order valence-corrected chi connectivity index (χ1v) is 7.39. The van der Waals surface area contributed by atoms with Gasteiger partial charge in [-0.15, -0.1) is 0 Å². The Morgan fingerprint density at radius 1 is 1.25 bits per heavy atom. The van der Waals surface area contributed by atoms with Gasteiger partial charge in [0.15, 0.2) is 0 Å². The van der Waals surface area contributed by atoms with E-state index in [9.17, 15) is 13.2 Å². The molecule has 2 saturated heterocycles. The van der Waals surface area contributed by atoms with Crippen LogP contribution in [0.25, 0.3) is 0 Å². The van der Waals surface area contributed by atoms with Gasteiger partial charge >= 0.3 is 6.18 Å². The fourth-order valence-corrected chi connectivity index (χ4v) is 3.24. The van der Waals surface area contributed by atoms with E-state index < -0.39 is 12.6 Å². The second kappa shape index (κ2) is 6.20. The van der Waals surface area contributed by atoms with Crippen molar-refractivity contribution in [3.8, 4) is 0 Å². The molecule has 0 aromatic rings. The Bertz CT molecular complexity index is 324. The molecule has 0 bridgehead atoms. The van der Waals surface area contributed by atoms with Crippen molar-refractivity contribution in [1.82, 2.24) is 4.90 Å². The molecule has 0 radical (unpaired) electrons. The number of hydrogen-bond donors (Lipinski definition) is 0. The number of halogens is 3. The zero-order chi connectivity index (χ0) is 14.8. The number of morpholine rings is 1. The number of alkyl halides is 3. The van der Waals surface area contributed by atoms with Gasteiger partial charge in [-0.25, -0.2) is 0 Å². The molecule has 0 aromatic carbocycles. The normalized spacial score (nSPS) is 35.9. The van der Waals surface area contributed by atoms with E-state index in [0.717, 1.165) is 19.5 Å². The largest absolute Gasteiger partial charge is 0.389 e. The van der Waals surface area contributed by atoms with Gasteiger partial charge in [-0.2, -0.15) is 13.2 Å². The predicted octanol–water partition coefficient (Wildman–Crippen LogP) is 2.99. The summed E-state index contributed by atoms with van der Waals surface area (Å²) in [5.74, 6) is 0. The Hall–Kier alpha value is -0.330. The third-order valence-electron chi connectivity index (χ3n) is 4.26. The molecule has 2 fully saturated rings. The third kappa shape index (κ3) is 4.09. The Labute approximate surface area is 118 Å². The van der Waals surface area contributed by atoms with E-state index in [1.807, 2.05) is 13.8 Å². The standard InChI is InChI=1S/C14H24F3NO2/c1-11-9-18(7-4-3-5-14(15,16)17)10-13(20-11)6-8-19-12(13)2/h11-12H,3-10H2,1-2H3/t11-,12+,13+/m1/s1. The van der Waals surface area contributed by atoms with Gasteiger partial charge in [-0.3, -0.25) is 4.90 Å². The summed E-state index contributed by atoms with van der Waals surface area (Å²) >= 11 is 0. The zero-order valence-corrected chi connectivity index (χ0v) is 12.2. The highest BCUT2D eigenvalue weighted by Gasteiger charge is 2.47. The molecule has 118 valence electrons. The van der Waals surface area contributed by atoms with Gasteiger partial charge in [0.2, 0.25) is 0 Å². The first-order chi connectivity index (χ1) is 9.31. The molecule has 1 spiro atoms. The van der Waals surface area contributed by atoms with Crippen molar-refractivity contribution in [3.63, 3.8) is 0 Å². The van der Waals surface area contributed by atoms with Crippen LogP contribution in [-0.4, -0.2) is 55.1 Å². The average molecular weight is 295 g/mol. The molecule has 0 unspecified atom stereocenters. The summed E-state index contributed by atoms with van der Waals surface area (Å²) in [6.07, 6.45) is -2.90. The number of rotatable bonds is 4. The minimum absolute atomic E-state index is 0.0583. The van der Waals surface area contributed by atoms with Crippen molar-refractivity contribution in [2.45, 2.75) is 63.5 Å². The van der Waals surface area contributed by atoms with Crippen LogP contribution < -0.4 is 0 Å². The molecule has 2 heterocycles. The average Bonchev–Trinajstić information content (AvgIpc) is 2.64. The van der Waals surface area contributed by atoms with Gasteiger partial charge in [0.1, 0.15) is 5.60 Å². The van der Waals surface area contributed by atoms with Crippen molar-refractivity contribution in [3.05, 3.63) is 0 Å². The quantitative estimate of drug-likeness (QED) is 0.744.